The fourth-order valence-corrected chi connectivity index (χ4v) is 6.80. The third-order valence-corrected chi connectivity index (χ3v) is 8.91. The van der Waals surface area contributed by atoms with Gasteiger partial charge in [0, 0.05) is 44.2 Å². The van der Waals surface area contributed by atoms with Crippen LogP contribution >= 0.6 is 0 Å². The molecule has 4 heterocycles. The second-order valence-electron chi connectivity index (χ2n) is 11.1. The van der Waals surface area contributed by atoms with Crippen molar-refractivity contribution in [3.63, 3.8) is 0 Å². The van der Waals surface area contributed by atoms with E-state index in [1.807, 2.05) is 37.5 Å². The van der Waals surface area contributed by atoms with E-state index < -0.39 is 0 Å². The first-order valence-electron chi connectivity index (χ1n) is 14.0. The summed E-state index contributed by atoms with van der Waals surface area (Å²) in [7, 11) is 0. The van der Waals surface area contributed by atoms with Crippen molar-refractivity contribution in [3.8, 4) is 0 Å². The number of para-hydroxylation sites is 1. The van der Waals surface area contributed by atoms with E-state index in [1.165, 1.54) is 18.9 Å². The molecule has 3 aliphatic heterocycles. The van der Waals surface area contributed by atoms with Crippen molar-refractivity contribution in [3.05, 3.63) is 66.2 Å². The van der Waals surface area contributed by atoms with E-state index >= 15 is 0 Å². The van der Waals surface area contributed by atoms with Gasteiger partial charge in [-0.05, 0) is 49.8 Å². The van der Waals surface area contributed by atoms with Gasteiger partial charge < -0.3 is 14.8 Å². The number of rotatable bonds is 8. The van der Waals surface area contributed by atoms with Crippen LogP contribution < -0.4 is 5.32 Å². The highest BCUT2D eigenvalue weighted by Crippen LogP contribution is 2.42. The SMILES string of the molecule is CCC(=O)N1CC(C(=O)N[C@@H](CCN2[C@@H]3CC[C@H]2CC(n2cnc4c(F)cccc42)C3)c2ccccc2)C1. The van der Waals surface area contributed by atoms with Crippen LogP contribution in [0.15, 0.2) is 54.9 Å². The van der Waals surface area contributed by atoms with Crippen LogP contribution in [0.2, 0.25) is 0 Å². The molecule has 1 unspecified atom stereocenters. The number of carbonyl (C=O) groups is 2. The van der Waals surface area contributed by atoms with Gasteiger partial charge in [-0.25, -0.2) is 9.37 Å². The topological polar surface area (TPSA) is 70.5 Å². The molecule has 200 valence electrons. The molecule has 0 spiro atoms. The number of hydrogen-bond donors (Lipinski definition) is 1. The smallest absolute Gasteiger partial charge is 0.227 e. The largest absolute Gasteiger partial charge is 0.349 e. The second-order valence-corrected chi connectivity index (χ2v) is 11.1. The summed E-state index contributed by atoms with van der Waals surface area (Å²) in [6.45, 7) is 3.82. The first-order valence-corrected chi connectivity index (χ1v) is 14.0. The summed E-state index contributed by atoms with van der Waals surface area (Å²) in [5.74, 6) is -0.234. The molecule has 3 aliphatic rings. The molecule has 0 aliphatic carbocycles. The van der Waals surface area contributed by atoms with E-state index in [0.717, 1.165) is 36.9 Å². The van der Waals surface area contributed by atoms with Gasteiger partial charge in [-0.1, -0.05) is 43.3 Å². The number of likely N-dealkylation sites (tertiary alicyclic amines) is 1. The minimum Gasteiger partial charge on any atom is -0.349 e. The normalized spacial score (nSPS) is 24.4. The third-order valence-electron chi connectivity index (χ3n) is 8.91. The van der Waals surface area contributed by atoms with Crippen LogP contribution in [0.3, 0.4) is 0 Å². The zero-order chi connectivity index (χ0) is 26.2. The van der Waals surface area contributed by atoms with Gasteiger partial charge in [0.05, 0.1) is 23.8 Å². The van der Waals surface area contributed by atoms with E-state index in [9.17, 15) is 14.0 Å². The Hall–Kier alpha value is -3.26. The molecule has 2 aromatic carbocycles. The van der Waals surface area contributed by atoms with Crippen molar-refractivity contribution in [2.75, 3.05) is 19.6 Å². The maximum absolute atomic E-state index is 14.2. The number of nitrogens with one attached hydrogen (secondary N) is 1. The minimum absolute atomic E-state index is 0.0416. The Morgan fingerprint density at radius 1 is 1.03 bits per heavy atom. The maximum Gasteiger partial charge on any atom is 0.227 e. The molecule has 4 atom stereocenters. The Morgan fingerprint density at radius 3 is 2.47 bits per heavy atom. The molecule has 0 saturated carbocycles. The highest BCUT2D eigenvalue weighted by Gasteiger charge is 2.42. The van der Waals surface area contributed by atoms with Gasteiger partial charge in [-0.3, -0.25) is 14.5 Å². The summed E-state index contributed by atoms with van der Waals surface area (Å²) >= 11 is 0. The van der Waals surface area contributed by atoms with Gasteiger partial charge in [0.2, 0.25) is 11.8 Å². The van der Waals surface area contributed by atoms with Crippen molar-refractivity contribution in [2.45, 2.75) is 69.6 Å². The fourth-order valence-electron chi connectivity index (χ4n) is 6.80. The second kappa shape index (κ2) is 10.5. The van der Waals surface area contributed by atoms with Crippen molar-refractivity contribution in [1.29, 1.82) is 0 Å². The van der Waals surface area contributed by atoms with Crippen LogP contribution in [0.1, 0.15) is 63.1 Å². The van der Waals surface area contributed by atoms with Crippen molar-refractivity contribution in [1.82, 2.24) is 24.7 Å². The summed E-state index contributed by atoms with van der Waals surface area (Å²) < 4.78 is 16.4. The lowest BCUT2D eigenvalue weighted by atomic mass is 9.94. The van der Waals surface area contributed by atoms with Gasteiger partial charge >= 0.3 is 0 Å². The molecule has 3 saturated heterocycles. The number of benzene rings is 2. The van der Waals surface area contributed by atoms with Gasteiger partial charge in [0.15, 0.2) is 5.82 Å². The zero-order valence-electron chi connectivity index (χ0n) is 21.9. The molecule has 1 N–H and O–H groups in total. The molecule has 6 rings (SSSR count). The summed E-state index contributed by atoms with van der Waals surface area (Å²) in [6.07, 6.45) is 7.55. The van der Waals surface area contributed by atoms with Gasteiger partial charge in [-0.2, -0.15) is 0 Å². The highest BCUT2D eigenvalue weighted by atomic mass is 19.1. The number of hydrogen-bond acceptors (Lipinski definition) is 4. The summed E-state index contributed by atoms with van der Waals surface area (Å²) in [5.41, 5.74) is 2.46. The van der Waals surface area contributed by atoms with Crippen molar-refractivity contribution in [2.24, 2.45) is 5.92 Å². The number of halogens is 1. The molecule has 1 aromatic heterocycles. The molecule has 3 aromatic rings. The lowest BCUT2D eigenvalue weighted by molar-refractivity contribution is -0.143. The average molecular weight is 518 g/mol. The Kier molecular flexibility index (Phi) is 6.91. The predicted octanol–water partition coefficient (Wildman–Crippen LogP) is 4.46. The molecular weight excluding hydrogens is 481 g/mol. The van der Waals surface area contributed by atoms with Crippen LogP contribution in [0.4, 0.5) is 4.39 Å². The first kappa shape index (κ1) is 25.0. The molecular formula is C30H36FN5O2. The first-order chi connectivity index (χ1) is 18.5. The molecule has 7 nitrogen and oxygen atoms in total. The zero-order valence-corrected chi connectivity index (χ0v) is 21.9. The van der Waals surface area contributed by atoms with E-state index in [-0.39, 0.29) is 29.6 Å². The fraction of sp³-hybridized carbons (Fsp3) is 0.500. The Balaban J connectivity index is 1.11. The van der Waals surface area contributed by atoms with Crippen LogP contribution in [0.25, 0.3) is 11.0 Å². The number of aromatic nitrogens is 2. The molecule has 2 bridgehead atoms. The molecule has 3 fully saturated rings. The number of fused-ring (bicyclic) bond motifs is 3. The Labute approximate surface area is 223 Å². The van der Waals surface area contributed by atoms with E-state index in [2.05, 4.69) is 31.9 Å². The maximum atomic E-state index is 14.2. The molecule has 2 amide bonds. The quantitative estimate of drug-likeness (QED) is 0.479. The third kappa shape index (κ3) is 4.70. The van der Waals surface area contributed by atoms with Crippen LogP contribution in [0, 0.1) is 11.7 Å². The number of piperidine rings is 1. The molecule has 38 heavy (non-hydrogen) atoms. The van der Waals surface area contributed by atoms with Crippen LogP contribution in [-0.4, -0.2) is 62.9 Å². The Morgan fingerprint density at radius 2 is 1.76 bits per heavy atom. The molecule has 8 heteroatoms. The monoisotopic (exact) mass is 517 g/mol. The van der Waals surface area contributed by atoms with Crippen LogP contribution in [0.5, 0.6) is 0 Å². The van der Waals surface area contributed by atoms with Crippen LogP contribution in [-0.2, 0) is 9.59 Å². The number of nitrogens with zero attached hydrogens (tertiary/aromatic N) is 4. The van der Waals surface area contributed by atoms with E-state index in [4.69, 9.17) is 0 Å². The number of carbonyl (C=O) groups excluding carboxylic acids is 2. The lowest BCUT2D eigenvalue weighted by Gasteiger charge is -2.41. The van der Waals surface area contributed by atoms with Crippen molar-refractivity contribution < 1.29 is 14.0 Å². The number of imidazole rings is 1. The highest BCUT2D eigenvalue weighted by molar-refractivity contribution is 5.84. The summed E-state index contributed by atoms with van der Waals surface area (Å²) in [5, 5.41) is 3.31. The van der Waals surface area contributed by atoms with Crippen molar-refractivity contribution >= 4 is 22.8 Å². The van der Waals surface area contributed by atoms with E-state index in [0.29, 0.717) is 43.2 Å². The Bertz CT molecular complexity index is 1290. The van der Waals surface area contributed by atoms with Gasteiger partial charge in [-0.15, -0.1) is 0 Å². The standard InChI is InChI=1S/C30H36FN5O2/c1-2-28(37)34-17-21(18-34)30(38)33-26(20-7-4-3-5-8-20)13-14-35-22-11-12-23(35)16-24(15-22)36-19-32-29-25(31)9-6-10-27(29)36/h3-10,19,21-24,26H,2,11-18H2,1H3,(H,33,38)/t22-,23+,24?,26-/m0/s1. The van der Waals surface area contributed by atoms with Gasteiger partial charge in [0.25, 0.3) is 0 Å². The minimum atomic E-state index is -0.262. The number of amides is 2. The lowest BCUT2D eigenvalue weighted by Crippen LogP contribution is -2.56. The average Bonchev–Trinajstić information content (AvgIpc) is 3.44. The molecule has 0 radical (unpaired) electrons. The summed E-state index contributed by atoms with van der Waals surface area (Å²) in [6, 6.07) is 16.6. The summed E-state index contributed by atoms with van der Waals surface area (Å²) in [4.78, 5) is 33.7. The van der Waals surface area contributed by atoms with Gasteiger partial charge in [0.1, 0.15) is 5.52 Å². The van der Waals surface area contributed by atoms with E-state index in [1.54, 1.807) is 11.0 Å². The predicted molar refractivity (Wildman–Crippen MR) is 144 cm³/mol.